The Morgan fingerprint density at radius 3 is 2.58 bits per heavy atom. The van der Waals surface area contributed by atoms with E-state index in [-0.39, 0.29) is 6.10 Å². The second kappa shape index (κ2) is 8.02. The topological polar surface area (TPSA) is 39.1 Å². The van der Waals surface area contributed by atoms with Crippen LogP contribution in [0, 0.1) is 6.92 Å². The lowest BCUT2D eigenvalue weighted by Crippen LogP contribution is -2.41. The highest BCUT2D eigenvalue weighted by Crippen LogP contribution is 2.23. The Morgan fingerprint density at radius 2 is 2.11 bits per heavy atom. The highest BCUT2D eigenvalue weighted by molar-refractivity contribution is 9.10. The van der Waals surface area contributed by atoms with Crippen LogP contribution in [0.15, 0.2) is 4.47 Å². The van der Waals surface area contributed by atoms with Crippen molar-refractivity contribution in [1.29, 1.82) is 0 Å². The van der Waals surface area contributed by atoms with E-state index < -0.39 is 0 Å². The summed E-state index contributed by atoms with van der Waals surface area (Å²) in [4.78, 5) is 0. The largest absolute Gasteiger partial charge is 0.380 e. The molecule has 0 saturated carbocycles. The molecule has 0 aliphatic heterocycles. The van der Waals surface area contributed by atoms with E-state index in [0.29, 0.717) is 6.04 Å². The van der Waals surface area contributed by atoms with Crippen molar-refractivity contribution < 1.29 is 4.74 Å². The van der Waals surface area contributed by atoms with Gasteiger partial charge in [-0.15, -0.1) is 0 Å². The molecule has 1 aromatic rings. The molecule has 0 fully saturated rings. The van der Waals surface area contributed by atoms with Crippen molar-refractivity contribution in [2.24, 2.45) is 0 Å². The van der Waals surface area contributed by atoms with Gasteiger partial charge in [-0.05, 0) is 43.2 Å². The first-order valence-electron chi connectivity index (χ1n) is 7.00. The number of ether oxygens (including phenoxy) is 1. The summed E-state index contributed by atoms with van der Waals surface area (Å²) < 4.78 is 8.83. The Morgan fingerprint density at radius 1 is 1.42 bits per heavy atom. The third-order valence-electron chi connectivity index (χ3n) is 3.56. The minimum absolute atomic E-state index is 0.238. The van der Waals surface area contributed by atoms with E-state index in [4.69, 9.17) is 4.74 Å². The molecular weight excluding hydrogens is 306 g/mol. The molecule has 0 aliphatic rings. The first-order chi connectivity index (χ1) is 9.08. The molecule has 2 atom stereocenters. The fourth-order valence-electron chi connectivity index (χ4n) is 2.46. The first-order valence-corrected chi connectivity index (χ1v) is 7.80. The van der Waals surface area contributed by atoms with Crippen LogP contribution in [0.1, 0.15) is 38.1 Å². The molecule has 0 amide bonds. The summed E-state index contributed by atoms with van der Waals surface area (Å²) in [5, 5.41) is 7.94. The van der Waals surface area contributed by atoms with Crippen molar-refractivity contribution in [1.82, 2.24) is 15.1 Å². The molecule has 1 N–H and O–H groups in total. The van der Waals surface area contributed by atoms with E-state index in [2.05, 4.69) is 44.9 Å². The molecular formula is C14H26BrN3O. The lowest BCUT2D eigenvalue weighted by Gasteiger charge is -2.26. The maximum atomic E-state index is 5.63. The average molecular weight is 332 g/mol. The van der Waals surface area contributed by atoms with Crippen LogP contribution in [0.25, 0.3) is 0 Å². The highest BCUT2D eigenvalue weighted by Gasteiger charge is 2.23. The third-order valence-corrected chi connectivity index (χ3v) is 4.59. The van der Waals surface area contributed by atoms with E-state index >= 15 is 0 Å². The Balaban J connectivity index is 2.91. The maximum absolute atomic E-state index is 5.63. The van der Waals surface area contributed by atoms with Gasteiger partial charge >= 0.3 is 0 Å². The van der Waals surface area contributed by atoms with Crippen LogP contribution < -0.4 is 5.32 Å². The first kappa shape index (κ1) is 16.7. The summed E-state index contributed by atoms with van der Waals surface area (Å²) in [5.41, 5.74) is 2.30. The van der Waals surface area contributed by atoms with Crippen molar-refractivity contribution in [3.05, 3.63) is 15.9 Å². The van der Waals surface area contributed by atoms with Crippen molar-refractivity contribution in [2.75, 3.05) is 14.2 Å². The molecule has 0 bridgehead atoms. The van der Waals surface area contributed by atoms with E-state index in [1.54, 1.807) is 7.11 Å². The lowest BCUT2D eigenvalue weighted by molar-refractivity contribution is 0.0626. The third kappa shape index (κ3) is 4.04. The van der Waals surface area contributed by atoms with Gasteiger partial charge in [-0.1, -0.05) is 13.3 Å². The van der Waals surface area contributed by atoms with Gasteiger partial charge in [-0.3, -0.25) is 4.68 Å². The molecule has 0 spiro atoms. The van der Waals surface area contributed by atoms with Gasteiger partial charge in [0.15, 0.2) is 0 Å². The zero-order valence-corrected chi connectivity index (χ0v) is 14.2. The number of nitrogens with zero attached hydrogens (tertiary/aromatic N) is 2. The summed E-state index contributed by atoms with van der Waals surface area (Å²) in [5.74, 6) is 0. The van der Waals surface area contributed by atoms with E-state index in [1.807, 2.05) is 14.0 Å². The summed E-state index contributed by atoms with van der Waals surface area (Å²) in [6.45, 7) is 7.24. The van der Waals surface area contributed by atoms with E-state index in [1.165, 1.54) is 5.69 Å². The lowest BCUT2D eigenvalue weighted by atomic mass is 10.0. The predicted octanol–water partition coefficient (Wildman–Crippen LogP) is 2.92. The van der Waals surface area contributed by atoms with Crippen molar-refractivity contribution >= 4 is 15.9 Å². The molecule has 4 nitrogen and oxygen atoms in total. The minimum atomic E-state index is 0.238. The number of likely N-dealkylation sites (N-methyl/N-ethyl adjacent to an activating group) is 1. The summed E-state index contributed by atoms with van der Waals surface area (Å²) >= 11 is 3.66. The van der Waals surface area contributed by atoms with Gasteiger partial charge in [0.2, 0.25) is 0 Å². The van der Waals surface area contributed by atoms with Gasteiger partial charge in [-0.25, -0.2) is 0 Å². The molecule has 19 heavy (non-hydrogen) atoms. The zero-order chi connectivity index (χ0) is 14.4. The molecule has 0 aliphatic carbocycles. The van der Waals surface area contributed by atoms with Crippen LogP contribution in [0.5, 0.6) is 0 Å². The molecule has 1 aromatic heterocycles. The molecule has 110 valence electrons. The number of rotatable bonds is 8. The van der Waals surface area contributed by atoms with Crippen LogP contribution in [0.4, 0.5) is 0 Å². The summed E-state index contributed by atoms with van der Waals surface area (Å²) in [6.07, 6.45) is 3.36. The maximum Gasteiger partial charge on any atom is 0.0738 e. The quantitative estimate of drug-likeness (QED) is 0.796. The van der Waals surface area contributed by atoms with Gasteiger partial charge in [-0.2, -0.15) is 5.10 Å². The number of hydrogen-bond donors (Lipinski definition) is 1. The number of nitrogens with one attached hydrogen (secondary N) is 1. The molecule has 0 radical (unpaired) electrons. The van der Waals surface area contributed by atoms with E-state index in [9.17, 15) is 0 Å². The normalized spacial score (nSPS) is 14.6. The fraction of sp³-hybridized carbons (Fsp3) is 0.786. The number of aryl methyl sites for hydroxylation is 2. The van der Waals surface area contributed by atoms with Gasteiger partial charge in [0.25, 0.3) is 0 Å². The summed E-state index contributed by atoms with van der Waals surface area (Å²) in [7, 11) is 3.79. The van der Waals surface area contributed by atoms with Crippen LogP contribution in [-0.2, 0) is 17.7 Å². The number of halogens is 1. The minimum Gasteiger partial charge on any atom is -0.380 e. The summed E-state index contributed by atoms with van der Waals surface area (Å²) in [6, 6.07) is 0.308. The molecule has 2 unspecified atom stereocenters. The van der Waals surface area contributed by atoms with Gasteiger partial charge in [0.1, 0.15) is 0 Å². The van der Waals surface area contributed by atoms with Gasteiger partial charge in [0.05, 0.1) is 22.0 Å². The van der Waals surface area contributed by atoms with Crippen molar-refractivity contribution in [3.63, 3.8) is 0 Å². The average Bonchev–Trinajstić information content (AvgIpc) is 2.69. The number of methoxy groups -OCH3 is 1. The molecule has 1 heterocycles. The highest BCUT2D eigenvalue weighted by atomic mass is 79.9. The molecule has 0 saturated heterocycles. The second-order valence-electron chi connectivity index (χ2n) is 4.82. The Hall–Kier alpha value is -0.390. The van der Waals surface area contributed by atoms with Crippen LogP contribution >= 0.6 is 15.9 Å². The Bertz CT molecular complexity index is 392. The smallest absolute Gasteiger partial charge is 0.0738 e. The number of hydrogen-bond acceptors (Lipinski definition) is 3. The molecule has 5 heteroatoms. The van der Waals surface area contributed by atoms with Crippen molar-refractivity contribution in [3.8, 4) is 0 Å². The van der Waals surface area contributed by atoms with Gasteiger partial charge < -0.3 is 10.1 Å². The van der Waals surface area contributed by atoms with Crippen LogP contribution in [0.2, 0.25) is 0 Å². The van der Waals surface area contributed by atoms with Crippen molar-refractivity contribution in [2.45, 2.75) is 58.7 Å². The zero-order valence-electron chi connectivity index (χ0n) is 12.7. The Labute approximate surface area is 125 Å². The Kier molecular flexibility index (Phi) is 7.04. The molecule has 0 aromatic carbocycles. The van der Waals surface area contributed by atoms with Crippen LogP contribution in [-0.4, -0.2) is 36.1 Å². The standard InChI is InChI=1S/C14H26BrN3O/c1-6-8-13(19-5)11(16-4)9-12-14(15)10(3)17-18(12)7-2/h11,13,16H,6-9H2,1-5H3. The van der Waals surface area contributed by atoms with Crippen LogP contribution in [0.3, 0.4) is 0 Å². The second-order valence-corrected chi connectivity index (χ2v) is 5.62. The SMILES string of the molecule is CCCC(OC)C(Cc1c(Br)c(C)nn1CC)NC. The number of aromatic nitrogens is 2. The predicted molar refractivity (Wildman–Crippen MR) is 82.6 cm³/mol. The fourth-order valence-corrected chi connectivity index (χ4v) is 2.91. The monoisotopic (exact) mass is 331 g/mol. The molecule has 1 rings (SSSR count). The van der Waals surface area contributed by atoms with Gasteiger partial charge in [0, 0.05) is 26.1 Å². The van der Waals surface area contributed by atoms with E-state index in [0.717, 1.165) is 36.0 Å².